The molecule has 1 atom stereocenters. The Morgan fingerprint density at radius 2 is 2.06 bits per heavy atom. The van der Waals surface area contributed by atoms with Gasteiger partial charge in [0.25, 0.3) is 5.91 Å². The fourth-order valence-electron chi connectivity index (χ4n) is 1.47. The van der Waals surface area contributed by atoms with Crippen LogP contribution in [0.4, 0.5) is 0 Å². The smallest absolute Gasteiger partial charge is 0.253 e. The van der Waals surface area contributed by atoms with Gasteiger partial charge in [-0.05, 0) is 31.9 Å². The summed E-state index contributed by atoms with van der Waals surface area (Å²) in [5, 5.41) is 2.84. The molecule has 0 saturated heterocycles. The fraction of sp³-hybridized carbons (Fsp3) is 0.538. The third-order valence-corrected chi connectivity index (χ3v) is 2.82. The molecule has 1 unspecified atom stereocenters. The van der Waals surface area contributed by atoms with Crippen molar-refractivity contribution in [2.45, 2.75) is 33.7 Å². The van der Waals surface area contributed by atoms with Crippen LogP contribution in [0.15, 0.2) is 12.1 Å². The molecule has 0 radical (unpaired) electrons. The number of nitrogens with zero attached hydrogens (tertiary/aromatic N) is 1. The lowest BCUT2D eigenvalue weighted by atomic mass is 10.1. The topological polar surface area (TPSA) is 68.0 Å². The maximum absolute atomic E-state index is 11.9. The summed E-state index contributed by atoms with van der Waals surface area (Å²) in [6.45, 7) is 8.31. The quantitative estimate of drug-likeness (QED) is 0.829. The lowest BCUT2D eigenvalue weighted by Crippen LogP contribution is -2.40. The first-order valence-corrected chi connectivity index (χ1v) is 5.90. The number of amides is 1. The van der Waals surface area contributed by atoms with Crippen molar-refractivity contribution in [1.82, 2.24) is 10.3 Å². The molecule has 0 fully saturated rings. The average molecular weight is 235 g/mol. The zero-order valence-electron chi connectivity index (χ0n) is 10.9. The minimum absolute atomic E-state index is 0.0161. The molecule has 17 heavy (non-hydrogen) atoms. The van der Waals surface area contributed by atoms with Gasteiger partial charge in [0.05, 0.1) is 11.3 Å². The number of aromatic nitrogens is 1. The van der Waals surface area contributed by atoms with E-state index in [1.807, 2.05) is 33.8 Å². The number of pyridine rings is 1. The zero-order chi connectivity index (χ0) is 13.0. The number of nitrogens with two attached hydrogens (primary N) is 1. The standard InChI is InChI=1S/C13H21N3O/c1-8(2)12(14)7-15-13(17)11-6-5-9(3)16-10(11)4/h5-6,8,12H,7,14H2,1-4H3,(H,15,17). The van der Waals surface area contributed by atoms with E-state index in [-0.39, 0.29) is 11.9 Å². The first-order valence-electron chi connectivity index (χ1n) is 5.90. The van der Waals surface area contributed by atoms with Crippen LogP contribution in [-0.4, -0.2) is 23.5 Å². The van der Waals surface area contributed by atoms with Gasteiger partial charge in [0.2, 0.25) is 0 Å². The van der Waals surface area contributed by atoms with Gasteiger partial charge in [0.15, 0.2) is 0 Å². The van der Waals surface area contributed by atoms with Crippen molar-refractivity contribution in [2.24, 2.45) is 11.7 Å². The summed E-state index contributed by atoms with van der Waals surface area (Å²) in [6.07, 6.45) is 0. The second-order valence-electron chi connectivity index (χ2n) is 4.70. The van der Waals surface area contributed by atoms with Crippen LogP contribution in [0, 0.1) is 19.8 Å². The molecule has 1 rings (SSSR count). The number of rotatable bonds is 4. The van der Waals surface area contributed by atoms with Gasteiger partial charge in [-0.2, -0.15) is 0 Å². The molecule has 4 heteroatoms. The summed E-state index contributed by atoms with van der Waals surface area (Å²) in [6, 6.07) is 3.62. The van der Waals surface area contributed by atoms with E-state index in [0.717, 1.165) is 11.4 Å². The number of hydrogen-bond donors (Lipinski definition) is 2. The van der Waals surface area contributed by atoms with Crippen molar-refractivity contribution in [1.29, 1.82) is 0 Å². The summed E-state index contributed by atoms with van der Waals surface area (Å²) in [4.78, 5) is 16.2. The van der Waals surface area contributed by atoms with E-state index in [4.69, 9.17) is 5.73 Å². The third-order valence-electron chi connectivity index (χ3n) is 2.82. The molecular formula is C13H21N3O. The van der Waals surface area contributed by atoms with Crippen molar-refractivity contribution in [3.8, 4) is 0 Å². The number of nitrogens with one attached hydrogen (secondary N) is 1. The molecule has 0 saturated carbocycles. The van der Waals surface area contributed by atoms with Gasteiger partial charge in [-0.25, -0.2) is 0 Å². The second kappa shape index (κ2) is 5.77. The predicted molar refractivity (Wildman–Crippen MR) is 68.9 cm³/mol. The van der Waals surface area contributed by atoms with Gasteiger partial charge in [0, 0.05) is 18.3 Å². The van der Waals surface area contributed by atoms with Gasteiger partial charge in [-0.1, -0.05) is 13.8 Å². The number of carbonyl (C=O) groups is 1. The van der Waals surface area contributed by atoms with Gasteiger partial charge in [0.1, 0.15) is 0 Å². The highest BCUT2D eigenvalue weighted by atomic mass is 16.1. The Bertz CT molecular complexity index is 402. The first kappa shape index (κ1) is 13.6. The van der Waals surface area contributed by atoms with E-state index < -0.39 is 0 Å². The molecule has 0 aliphatic rings. The predicted octanol–water partition coefficient (Wildman–Crippen LogP) is 1.41. The number of carbonyl (C=O) groups excluding carboxylic acids is 1. The van der Waals surface area contributed by atoms with Crippen LogP contribution in [-0.2, 0) is 0 Å². The lowest BCUT2D eigenvalue weighted by Gasteiger charge is -2.16. The van der Waals surface area contributed by atoms with Crippen molar-refractivity contribution < 1.29 is 4.79 Å². The summed E-state index contributed by atoms with van der Waals surface area (Å²) < 4.78 is 0. The summed E-state index contributed by atoms with van der Waals surface area (Å²) >= 11 is 0. The van der Waals surface area contributed by atoms with Gasteiger partial charge in [-0.15, -0.1) is 0 Å². The van der Waals surface area contributed by atoms with Gasteiger partial charge < -0.3 is 11.1 Å². The highest BCUT2D eigenvalue weighted by molar-refractivity contribution is 5.95. The molecule has 94 valence electrons. The summed E-state index contributed by atoms with van der Waals surface area (Å²) in [5.74, 6) is 0.249. The van der Waals surface area contributed by atoms with Crippen molar-refractivity contribution in [3.05, 3.63) is 29.1 Å². The Labute approximate surface area is 103 Å². The van der Waals surface area contributed by atoms with Crippen molar-refractivity contribution >= 4 is 5.91 Å². The normalized spacial score (nSPS) is 12.6. The van der Waals surface area contributed by atoms with Crippen molar-refractivity contribution in [2.75, 3.05) is 6.54 Å². The van der Waals surface area contributed by atoms with E-state index in [0.29, 0.717) is 18.0 Å². The Hall–Kier alpha value is -1.42. The van der Waals surface area contributed by atoms with Crippen LogP contribution in [0.2, 0.25) is 0 Å². The summed E-state index contributed by atoms with van der Waals surface area (Å²) in [5.41, 5.74) is 8.16. The molecule has 0 aliphatic heterocycles. The minimum atomic E-state index is -0.105. The van der Waals surface area contributed by atoms with E-state index in [2.05, 4.69) is 10.3 Å². The van der Waals surface area contributed by atoms with Crippen LogP contribution in [0.25, 0.3) is 0 Å². The highest BCUT2D eigenvalue weighted by Gasteiger charge is 2.12. The minimum Gasteiger partial charge on any atom is -0.350 e. The van der Waals surface area contributed by atoms with E-state index in [1.165, 1.54) is 0 Å². The molecule has 0 aliphatic carbocycles. The maximum atomic E-state index is 11.9. The highest BCUT2D eigenvalue weighted by Crippen LogP contribution is 2.06. The Morgan fingerprint density at radius 3 is 2.59 bits per heavy atom. The van der Waals surface area contributed by atoms with Crippen LogP contribution in [0.1, 0.15) is 35.6 Å². The average Bonchev–Trinajstić information content (AvgIpc) is 2.25. The van der Waals surface area contributed by atoms with E-state index in [1.54, 1.807) is 6.07 Å². The molecule has 0 spiro atoms. The lowest BCUT2D eigenvalue weighted by molar-refractivity contribution is 0.0948. The molecule has 3 N–H and O–H groups in total. The fourth-order valence-corrected chi connectivity index (χ4v) is 1.47. The van der Waals surface area contributed by atoms with Crippen LogP contribution in [0.3, 0.4) is 0 Å². The molecule has 4 nitrogen and oxygen atoms in total. The molecule has 1 aromatic heterocycles. The van der Waals surface area contributed by atoms with Crippen LogP contribution in [0.5, 0.6) is 0 Å². The monoisotopic (exact) mass is 235 g/mol. The third kappa shape index (κ3) is 3.82. The number of aryl methyl sites for hydroxylation is 2. The Balaban J connectivity index is 2.64. The molecule has 0 aromatic carbocycles. The maximum Gasteiger partial charge on any atom is 0.253 e. The largest absolute Gasteiger partial charge is 0.350 e. The Morgan fingerprint density at radius 1 is 1.41 bits per heavy atom. The van der Waals surface area contributed by atoms with E-state index in [9.17, 15) is 4.79 Å². The summed E-state index contributed by atoms with van der Waals surface area (Å²) in [7, 11) is 0. The number of hydrogen-bond acceptors (Lipinski definition) is 3. The van der Waals surface area contributed by atoms with Crippen LogP contribution < -0.4 is 11.1 Å². The molecule has 0 bridgehead atoms. The molecular weight excluding hydrogens is 214 g/mol. The van der Waals surface area contributed by atoms with Crippen molar-refractivity contribution in [3.63, 3.8) is 0 Å². The zero-order valence-corrected chi connectivity index (χ0v) is 10.9. The molecule has 1 heterocycles. The Kier molecular flexibility index (Phi) is 4.63. The second-order valence-corrected chi connectivity index (χ2v) is 4.70. The van der Waals surface area contributed by atoms with Gasteiger partial charge in [-0.3, -0.25) is 9.78 Å². The van der Waals surface area contributed by atoms with E-state index >= 15 is 0 Å². The molecule has 1 amide bonds. The first-order chi connectivity index (χ1) is 7.91. The van der Waals surface area contributed by atoms with Crippen LogP contribution >= 0.6 is 0 Å². The SMILES string of the molecule is Cc1ccc(C(=O)NCC(N)C(C)C)c(C)n1. The molecule has 1 aromatic rings. The van der Waals surface area contributed by atoms with Gasteiger partial charge >= 0.3 is 0 Å².